The van der Waals surface area contributed by atoms with Gasteiger partial charge in [0.05, 0.1) is 0 Å². The fraction of sp³-hybridized carbons (Fsp3) is 0.714. The molecule has 3 heteroatoms. The summed E-state index contributed by atoms with van der Waals surface area (Å²) in [5.74, 6) is 1.74. The van der Waals surface area contributed by atoms with Gasteiger partial charge in [0, 0.05) is 11.4 Å². The maximum atomic E-state index is 3.55. The van der Waals surface area contributed by atoms with Gasteiger partial charge in [0.15, 0.2) is 0 Å². The van der Waals surface area contributed by atoms with E-state index in [1.807, 2.05) is 11.3 Å². The van der Waals surface area contributed by atoms with E-state index < -0.39 is 0 Å². The summed E-state index contributed by atoms with van der Waals surface area (Å²) in [5, 5.41) is 9.20. The molecule has 96 valence electrons. The van der Waals surface area contributed by atoms with Crippen molar-refractivity contribution in [1.82, 2.24) is 10.6 Å². The molecule has 0 radical (unpaired) electrons. The SMILES string of the molecule is CC(CCNCc1cccs1)C1CCCNC1. The minimum Gasteiger partial charge on any atom is -0.316 e. The molecule has 2 unspecified atom stereocenters. The Labute approximate surface area is 109 Å². The highest BCUT2D eigenvalue weighted by atomic mass is 32.1. The molecule has 0 bridgehead atoms. The maximum Gasteiger partial charge on any atom is 0.0299 e. The number of nitrogens with one attached hydrogen (secondary N) is 2. The van der Waals surface area contributed by atoms with Crippen molar-refractivity contribution in [2.45, 2.75) is 32.7 Å². The zero-order valence-electron chi connectivity index (χ0n) is 10.7. The van der Waals surface area contributed by atoms with E-state index in [-0.39, 0.29) is 0 Å². The molecule has 1 saturated heterocycles. The quantitative estimate of drug-likeness (QED) is 0.761. The Morgan fingerprint density at radius 2 is 2.53 bits per heavy atom. The van der Waals surface area contributed by atoms with Crippen LogP contribution in [0.25, 0.3) is 0 Å². The van der Waals surface area contributed by atoms with Crippen LogP contribution in [0.1, 0.15) is 31.1 Å². The number of hydrogen-bond acceptors (Lipinski definition) is 3. The van der Waals surface area contributed by atoms with Crippen LogP contribution in [0.15, 0.2) is 17.5 Å². The maximum absolute atomic E-state index is 3.55. The predicted octanol–water partition coefficient (Wildman–Crippen LogP) is 2.86. The Balaban J connectivity index is 1.57. The van der Waals surface area contributed by atoms with Gasteiger partial charge in [-0.15, -0.1) is 11.3 Å². The Kier molecular flexibility index (Phi) is 5.49. The largest absolute Gasteiger partial charge is 0.316 e. The highest BCUT2D eigenvalue weighted by Gasteiger charge is 2.18. The molecule has 2 nitrogen and oxygen atoms in total. The molecule has 0 saturated carbocycles. The summed E-state index contributed by atoms with van der Waals surface area (Å²) in [6.07, 6.45) is 4.08. The summed E-state index contributed by atoms with van der Waals surface area (Å²) in [4.78, 5) is 1.44. The standard InChI is InChI=1S/C14H24N2S/c1-12(13-4-2-7-15-10-13)6-8-16-11-14-5-3-9-17-14/h3,5,9,12-13,15-16H,2,4,6-8,10-11H2,1H3. The van der Waals surface area contributed by atoms with E-state index in [2.05, 4.69) is 35.1 Å². The van der Waals surface area contributed by atoms with Crippen LogP contribution in [-0.4, -0.2) is 19.6 Å². The second-order valence-corrected chi connectivity index (χ2v) is 6.16. The van der Waals surface area contributed by atoms with Crippen molar-refractivity contribution in [3.05, 3.63) is 22.4 Å². The number of hydrogen-bond donors (Lipinski definition) is 2. The third-order valence-corrected chi connectivity index (χ3v) is 4.67. The van der Waals surface area contributed by atoms with Crippen molar-refractivity contribution in [2.75, 3.05) is 19.6 Å². The Morgan fingerprint density at radius 1 is 1.59 bits per heavy atom. The van der Waals surface area contributed by atoms with Crippen LogP contribution in [0.4, 0.5) is 0 Å². The van der Waals surface area contributed by atoms with Gasteiger partial charge in [0.25, 0.3) is 0 Å². The molecule has 0 aromatic carbocycles. The Bertz CT molecular complexity index is 291. The zero-order chi connectivity index (χ0) is 11.9. The Morgan fingerprint density at radius 3 is 3.24 bits per heavy atom. The van der Waals surface area contributed by atoms with Gasteiger partial charge >= 0.3 is 0 Å². The van der Waals surface area contributed by atoms with Crippen LogP contribution in [0, 0.1) is 11.8 Å². The average molecular weight is 252 g/mol. The fourth-order valence-corrected chi connectivity index (χ4v) is 3.23. The van der Waals surface area contributed by atoms with Crippen LogP contribution < -0.4 is 10.6 Å². The first-order valence-corrected chi connectivity index (χ1v) is 7.68. The third-order valence-electron chi connectivity index (χ3n) is 3.80. The van der Waals surface area contributed by atoms with Gasteiger partial charge in [-0.3, -0.25) is 0 Å². The van der Waals surface area contributed by atoms with Gasteiger partial charge in [0.2, 0.25) is 0 Å². The first kappa shape index (κ1) is 13.1. The molecule has 1 aromatic heterocycles. The third kappa shape index (κ3) is 4.41. The lowest BCUT2D eigenvalue weighted by molar-refractivity contribution is 0.266. The van der Waals surface area contributed by atoms with Crippen molar-refractivity contribution < 1.29 is 0 Å². The van der Waals surface area contributed by atoms with Gasteiger partial charge in [-0.05, 0) is 62.2 Å². The van der Waals surface area contributed by atoms with E-state index in [9.17, 15) is 0 Å². The number of thiophene rings is 1. The molecule has 0 spiro atoms. The molecular formula is C14H24N2S. The van der Waals surface area contributed by atoms with Gasteiger partial charge in [-0.25, -0.2) is 0 Å². The lowest BCUT2D eigenvalue weighted by Crippen LogP contribution is -2.34. The molecular weight excluding hydrogens is 228 g/mol. The van der Waals surface area contributed by atoms with Crippen molar-refractivity contribution in [3.63, 3.8) is 0 Å². The van der Waals surface area contributed by atoms with Crippen LogP contribution in [0.3, 0.4) is 0 Å². The predicted molar refractivity (Wildman–Crippen MR) is 75.4 cm³/mol. The zero-order valence-corrected chi connectivity index (χ0v) is 11.6. The van der Waals surface area contributed by atoms with E-state index in [1.165, 1.54) is 37.2 Å². The fourth-order valence-electron chi connectivity index (χ4n) is 2.55. The van der Waals surface area contributed by atoms with E-state index in [1.54, 1.807) is 0 Å². The van der Waals surface area contributed by atoms with Gasteiger partial charge in [-0.2, -0.15) is 0 Å². The van der Waals surface area contributed by atoms with Crippen molar-refractivity contribution in [2.24, 2.45) is 11.8 Å². The summed E-state index contributed by atoms with van der Waals surface area (Å²) in [7, 11) is 0. The molecule has 2 heterocycles. The smallest absolute Gasteiger partial charge is 0.0299 e. The normalized spacial score (nSPS) is 22.5. The van der Waals surface area contributed by atoms with Crippen LogP contribution in [0.2, 0.25) is 0 Å². The number of piperidine rings is 1. The summed E-state index contributed by atoms with van der Waals surface area (Å²) in [6, 6.07) is 4.32. The summed E-state index contributed by atoms with van der Waals surface area (Å²) in [6.45, 7) is 7.04. The summed E-state index contributed by atoms with van der Waals surface area (Å²) >= 11 is 1.84. The average Bonchev–Trinajstić information content (AvgIpc) is 2.88. The molecule has 2 N–H and O–H groups in total. The van der Waals surface area contributed by atoms with E-state index in [0.29, 0.717) is 0 Å². The van der Waals surface area contributed by atoms with Crippen LogP contribution in [0.5, 0.6) is 0 Å². The molecule has 1 fully saturated rings. The molecule has 0 aliphatic carbocycles. The second-order valence-electron chi connectivity index (χ2n) is 5.13. The highest BCUT2D eigenvalue weighted by Crippen LogP contribution is 2.22. The molecule has 2 rings (SSSR count). The second kappa shape index (κ2) is 7.14. The Hall–Kier alpha value is -0.380. The van der Waals surface area contributed by atoms with E-state index in [0.717, 1.165) is 24.9 Å². The minimum absolute atomic E-state index is 0.846. The first-order chi connectivity index (χ1) is 8.36. The summed E-state index contributed by atoms with van der Waals surface area (Å²) in [5.41, 5.74) is 0. The van der Waals surface area contributed by atoms with Crippen molar-refractivity contribution in [3.8, 4) is 0 Å². The molecule has 1 aliphatic rings. The van der Waals surface area contributed by atoms with Crippen molar-refractivity contribution >= 4 is 11.3 Å². The molecule has 17 heavy (non-hydrogen) atoms. The van der Waals surface area contributed by atoms with Crippen LogP contribution >= 0.6 is 11.3 Å². The van der Waals surface area contributed by atoms with Gasteiger partial charge in [0.1, 0.15) is 0 Å². The van der Waals surface area contributed by atoms with Crippen LogP contribution in [-0.2, 0) is 6.54 Å². The molecule has 2 atom stereocenters. The van der Waals surface area contributed by atoms with Crippen molar-refractivity contribution in [1.29, 1.82) is 0 Å². The number of rotatable bonds is 6. The highest BCUT2D eigenvalue weighted by molar-refractivity contribution is 7.09. The van der Waals surface area contributed by atoms with Gasteiger partial charge in [-0.1, -0.05) is 13.0 Å². The molecule has 1 aromatic rings. The lowest BCUT2D eigenvalue weighted by atomic mass is 9.85. The monoisotopic (exact) mass is 252 g/mol. The lowest BCUT2D eigenvalue weighted by Gasteiger charge is -2.28. The van der Waals surface area contributed by atoms with Gasteiger partial charge < -0.3 is 10.6 Å². The van der Waals surface area contributed by atoms with E-state index in [4.69, 9.17) is 0 Å². The first-order valence-electron chi connectivity index (χ1n) is 6.80. The minimum atomic E-state index is 0.846. The van der Waals surface area contributed by atoms with E-state index >= 15 is 0 Å². The summed E-state index contributed by atoms with van der Waals surface area (Å²) < 4.78 is 0. The topological polar surface area (TPSA) is 24.1 Å². The molecule has 0 amide bonds. The molecule has 1 aliphatic heterocycles.